The van der Waals surface area contributed by atoms with Crippen molar-refractivity contribution in [3.8, 4) is 11.5 Å². The van der Waals surface area contributed by atoms with Gasteiger partial charge in [-0.05, 0) is 73.0 Å². The molecule has 0 aromatic heterocycles. The molecule has 0 saturated carbocycles. The van der Waals surface area contributed by atoms with E-state index in [4.69, 9.17) is 4.74 Å². The topological polar surface area (TPSA) is 87.1 Å². The Morgan fingerprint density at radius 3 is 2.16 bits per heavy atom. The molecule has 1 aliphatic heterocycles. The molecule has 1 saturated heterocycles. The third-order valence-corrected chi connectivity index (χ3v) is 5.78. The molecular weight excluding hydrogens is 406 g/mol. The van der Waals surface area contributed by atoms with E-state index in [0.29, 0.717) is 22.6 Å². The SMILES string of the molecule is COc1ccc(N2C(=O)C(=O)/C(=C(\O)c3ccc(C)c(C)c3)C2c2ccc(O)cc2)cc1. The van der Waals surface area contributed by atoms with Crippen molar-refractivity contribution in [2.75, 3.05) is 12.0 Å². The van der Waals surface area contributed by atoms with Crippen LogP contribution in [0.1, 0.15) is 28.3 Å². The van der Waals surface area contributed by atoms with Crippen LogP contribution in [0.15, 0.2) is 72.3 Å². The second-order valence-electron chi connectivity index (χ2n) is 7.76. The molecule has 0 radical (unpaired) electrons. The second kappa shape index (κ2) is 8.23. The molecule has 6 heteroatoms. The number of ketones is 1. The normalized spacial score (nSPS) is 17.6. The monoisotopic (exact) mass is 429 g/mol. The first kappa shape index (κ1) is 21.2. The number of aromatic hydroxyl groups is 1. The number of amides is 1. The molecule has 3 aromatic rings. The molecule has 1 fully saturated rings. The Labute approximate surface area is 186 Å². The minimum atomic E-state index is -0.856. The number of carbonyl (C=O) groups excluding carboxylic acids is 2. The number of methoxy groups -OCH3 is 1. The summed E-state index contributed by atoms with van der Waals surface area (Å²) in [6, 6.07) is 17.5. The lowest BCUT2D eigenvalue weighted by molar-refractivity contribution is -0.132. The molecule has 0 spiro atoms. The van der Waals surface area contributed by atoms with Crippen LogP contribution in [0.25, 0.3) is 5.76 Å². The van der Waals surface area contributed by atoms with Gasteiger partial charge in [0.2, 0.25) is 0 Å². The van der Waals surface area contributed by atoms with Gasteiger partial charge in [0.05, 0.1) is 18.7 Å². The van der Waals surface area contributed by atoms with E-state index in [-0.39, 0.29) is 17.1 Å². The van der Waals surface area contributed by atoms with Gasteiger partial charge in [0.1, 0.15) is 17.3 Å². The summed E-state index contributed by atoms with van der Waals surface area (Å²) in [5.74, 6) is -1.07. The van der Waals surface area contributed by atoms with Gasteiger partial charge >= 0.3 is 0 Å². The van der Waals surface area contributed by atoms with Crippen LogP contribution in [-0.4, -0.2) is 29.0 Å². The lowest BCUT2D eigenvalue weighted by atomic mass is 9.94. The summed E-state index contributed by atoms with van der Waals surface area (Å²) in [5.41, 5.74) is 3.55. The minimum absolute atomic E-state index is 0.000221. The summed E-state index contributed by atoms with van der Waals surface area (Å²) < 4.78 is 5.19. The van der Waals surface area contributed by atoms with Gasteiger partial charge in [-0.25, -0.2) is 0 Å². The van der Waals surface area contributed by atoms with Crippen LogP contribution in [0.3, 0.4) is 0 Å². The van der Waals surface area contributed by atoms with Crippen molar-refractivity contribution in [3.05, 3.63) is 94.6 Å². The molecule has 0 bridgehead atoms. The fourth-order valence-electron chi connectivity index (χ4n) is 3.86. The number of benzene rings is 3. The first-order valence-electron chi connectivity index (χ1n) is 10.1. The van der Waals surface area contributed by atoms with Gasteiger partial charge < -0.3 is 14.9 Å². The van der Waals surface area contributed by atoms with Crippen molar-refractivity contribution >= 4 is 23.1 Å². The Balaban J connectivity index is 1.92. The van der Waals surface area contributed by atoms with Crippen LogP contribution in [0.5, 0.6) is 11.5 Å². The van der Waals surface area contributed by atoms with Crippen LogP contribution in [0, 0.1) is 13.8 Å². The van der Waals surface area contributed by atoms with Crippen molar-refractivity contribution in [2.45, 2.75) is 19.9 Å². The van der Waals surface area contributed by atoms with E-state index in [2.05, 4.69) is 0 Å². The van der Waals surface area contributed by atoms with E-state index in [9.17, 15) is 19.8 Å². The average molecular weight is 429 g/mol. The standard InChI is InChI=1S/C26H23NO5/c1-15-4-5-18(14-16(15)2)24(29)22-23(17-6-10-20(28)11-7-17)27(26(31)25(22)30)19-8-12-21(32-3)13-9-19/h4-14,23,28-29H,1-3H3/b24-22-. The molecule has 32 heavy (non-hydrogen) atoms. The number of anilines is 1. The van der Waals surface area contributed by atoms with E-state index in [1.54, 1.807) is 55.6 Å². The first-order chi connectivity index (χ1) is 15.3. The maximum atomic E-state index is 13.1. The number of aryl methyl sites for hydroxylation is 2. The number of ether oxygens (including phenoxy) is 1. The van der Waals surface area contributed by atoms with Gasteiger partial charge in [0, 0.05) is 11.3 Å². The number of phenolic OH excluding ortho intramolecular Hbond substituents is 1. The fraction of sp³-hybridized carbons (Fsp3) is 0.154. The zero-order valence-corrected chi connectivity index (χ0v) is 18.0. The number of aliphatic hydroxyl groups is 1. The lowest BCUT2D eigenvalue weighted by Crippen LogP contribution is -2.29. The highest BCUT2D eigenvalue weighted by molar-refractivity contribution is 6.51. The third kappa shape index (κ3) is 3.60. The second-order valence-corrected chi connectivity index (χ2v) is 7.76. The number of phenols is 1. The first-order valence-corrected chi connectivity index (χ1v) is 10.1. The maximum absolute atomic E-state index is 13.1. The molecule has 162 valence electrons. The van der Waals surface area contributed by atoms with Gasteiger partial charge in [-0.3, -0.25) is 14.5 Å². The van der Waals surface area contributed by atoms with Crippen LogP contribution >= 0.6 is 0 Å². The van der Waals surface area contributed by atoms with E-state index >= 15 is 0 Å². The third-order valence-electron chi connectivity index (χ3n) is 5.78. The summed E-state index contributed by atoms with van der Waals surface area (Å²) >= 11 is 0. The van der Waals surface area contributed by atoms with E-state index < -0.39 is 17.7 Å². The highest BCUT2D eigenvalue weighted by Crippen LogP contribution is 2.42. The predicted octanol–water partition coefficient (Wildman–Crippen LogP) is 4.64. The zero-order valence-electron chi connectivity index (χ0n) is 18.0. The lowest BCUT2D eigenvalue weighted by Gasteiger charge is -2.25. The number of hydrogen-bond acceptors (Lipinski definition) is 5. The average Bonchev–Trinajstić information content (AvgIpc) is 3.06. The summed E-state index contributed by atoms with van der Waals surface area (Å²) in [4.78, 5) is 27.6. The Morgan fingerprint density at radius 1 is 0.906 bits per heavy atom. The van der Waals surface area contributed by atoms with Crippen molar-refractivity contribution < 1.29 is 24.5 Å². The molecule has 6 nitrogen and oxygen atoms in total. The van der Waals surface area contributed by atoms with Gasteiger partial charge in [0.25, 0.3) is 11.7 Å². The van der Waals surface area contributed by atoms with Crippen molar-refractivity contribution in [1.29, 1.82) is 0 Å². The Morgan fingerprint density at radius 2 is 1.56 bits per heavy atom. The van der Waals surface area contributed by atoms with Crippen LogP contribution < -0.4 is 9.64 Å². The number of nitrogens with zero attached hydrogens (tertiary/aromatic N) is 1. The number of hydrogen-bond donors (Lipinski definition) is 2. The van der Waals surface area contributed by atoms with Gasteiger partial charge in [0.15, 0.2) is 0 Å². The van der Waals surface area contributed by atoms with Crippen LogP contribution in [0.4, 0.5) is 5.69 Å². The van der Waals surface area contributed by atoms with Crippen molar-refractivity contribution in [3.63, 3.8) is 0 Å². The number of aliphatic hydroxyl groups excluding tert-OH is 1. The van der Waals surface area contributed by atoms with E-state index in [1.165, 1.54) is 17.0 Å². The fourth-order valence-corrected chi connectivity index (χ4v) is 3.86. The van der Waals surface area contributed by atoms with Crippen LogP contribution in [-0.2, 0) is 9.59 Å². The van der Waals surface area contributed by atoms with Gasteiger partial charge in [-0.1, -0.05) is 24.3 Å². The Kier molecular flexibility index (Phi) is 5.45. The summed E-state index contributed by atoms with van der Waals surface area (Å²) in [6.45, 7) is 3.87. The van der Waals surface area contributed by atoms with Gasteiger partial charge in [-0.2, -0.15) is 0 Å². The molecule has 0 aliphatic carbocycles. The number of carbonyl (C=O) groups is 2. The Bertz CT molecular complexity index is 1230. The smallest absolute Gasteiger partial charge is 0.300 e. The predicted molar refractivity (Wildman–Crippen MR) is 122 cm³/mol. The Hall–Kier alpha value is -4.06. The largest absolute Gasteiger partial charge is 0.508 e. The molecule has 1 heterocycles. The summed E-state index contributed by atoms with van der Waals surface area (Å²) in [5, 5.41) is 20.9. The molecule has 1 unspecified atom stereocenters. The molecule has 1 amide bonds. The number of Topliss-reactive ketones (excluding diaryl/α,β-unsaturated/α-hetero) is 1. The van der Waals surface area contributed by atoms with Gasteiger partial charge in [-0.15, -0.1) is 0 Å². The highest BCUT2D eigenvalue weighted by atomic mass is 16.5. The molecule has 2 N–H and O–H groups in total. The molecule has 1 aliphatic rings. The zero-order chi connectivity index (χ0) is 23.0. The minimum Gasteiger partial charge on any atom is -0.508 e. The maximum Gasteiger partial charge on any atom is 0.300 e. The number of rotatable bonds is 4. The van der Waals surface area contributed by atoms with E-state index in [1.807, 2.05) is 19.9 Å². The quantitative estimate of drug-likeness (QED) is 0.358. The van der Waals surface area contributed by atoms with Crippen LogP contribution in [0.2, 0.25) is 0 Å². The summed E-state index contributed by atoms with van der Waals surface area (Å²) in [6.07, 6.45) is 0. The molecular formula is C26H23NO5. The molecule has 4 rings (SSSR count). The molecule has 1 atom stereocenters. The molecule has 3 aromatic carbocycles. The van der Waals surface area contributed by atoms with E-state index in [0.717, 1.165) is 11.1 Å². The van der Waals surface area contributed by atoms with Crippen molar-refractivity contribution in [2.24, 2.45) is 0 Å². The van der Waals surface area contributed by atoms with Crippen molar-refractivity contribution in [1.82, 2.24) is 0 Å². The summed E-state index contributed by atoms with van der Waals surface area (Å²) in [7, 11) is 1.54. The highest BCUT2D eigenvalue weighted by Gasteiger charge is 2.47.